The smallest absolute Gasteiger partial charge is 0.322 e. The van der Waals surface area contributed by atoms with Crippen LogP contribution in [0.1, 0.15) is 32.9 Å². The predicted octanol–water partition coefficient (Wildman–Crippen LogP) is -1.48. The lowest BCUT2D eigenvalue weighted by Crippen LogP contribution is -2.55. The van der Waals surface area contributed by atoms with E-state index in [-0.39, 0.29) is 12.3 Å². The van der Waals surface area contributed by atoms with Crippen molar-refractivity contribution in [3.63, 3.8) is 0 Å². The van der Waals surface area contributed by atoms with Gasteiger partial charge in [-0.15, -0.1) is 0 Å². The zero-order valence-corrected chi connectivity index (χ0v) is 16.2. The molecule has 0 saturated heterocycles. The largest absolute Gasteiger partial charge is 0.480 e. The molecule has 0 saturated carbocycles. The van der Waals surface area contributed by atoms with Gasteiger partial charge in [-0.1, -0.05) is 13.8 Å². The summed E-state index contributed by atoms with van der Waals surface area (Å²) in [4.78, 5) is 54.0. The average Bonchev–Trinajstić information content (AvgIpc) is 3.11. The molecule has 0 spiro atoms. The van der Waals surface area contributed by atoms with E-state index in [4.69, 9.17) is 10.8 Å². The van der Waals surface area contributed by atoms with Crippen LogP contribution in [-0.2, 0) is 25.6 Å². The van der Waals surface area contributed by atoms with Crippen LogP contribution in [0.15, 0.2) is 12.5 Å². The van der Waals surface area contributed by atoms with E-state index in [0.717, 1.165) is 0 Å². The minimum Gasteiger partial charge on any atom is -0.480 e. The van der Waals surface area contributed by atoms with Gasteiger partial charge < -0.3 is 31.8 Å². The van der Waals surface area contributed by atoms with Gasteiger partial charge in [-0.25, -0.2) is 4.98 Å². The Balaban J connectivity index is 2.60. The predicted molar refractivity (Wildman–Crippen MR) is 99.9 cm³/mol. The van der Waals surface area contributed by atoms with Crippen LogP contribution in [0, 0.1) is 5.92 Å². The summed E-state index contributed by atoms with van der Waals surface area (Å²) in [6.45, 7) is 4.66. The Kier molecular flexibility index (Phi) is 9.09. The van der Waals surface area contributed by atoms with E-state index >= 15 is 0 Å². The first kappa shape index (κ1) is 23.1. The third kappa shape index (κ3) is 8.16. The van der Waals surface area contributed by atoms with Crippen molar-refractivity contribution in [3.8, 4) is 0 Å². The number of H-pyrrole nitrogens is 1. The number of imidazole rings is 1. The molecule has 156 valence electrons. The Labute approximate surface area is 162 Å². The fourth-order valence-corrected chi connectivity index (χ4v) is 2.40. The molecule has 0 radical (unpaired) electrons. The zero-order chi connectivity index (χ0) is 21.3. The molecule has 11 heteroatoms. The fraction of sp³-hybridized carbons (Fsp3) is 0.588. The highest BCUT2D eigenvalue weighted by Crippen LogP contribution is 2.05. The number of rotatable bonds is 11. The maximum absolute atomic E-state index is 12.4. The minimum atomic E-state index is -1.19. The van der Waals surface area contributed by atoms with Gasteiger partial charge in [0.15, 0.2) is 0 Å². The van der Waals surface area contributed by atoms with Gasteiger partial charge in [0.1, 0.15) is 18.6 Å². The van der Waals surface area contributed by atoms with Crippen LogP contribution >= 0.6 is 0 Å². The number of hydrogen-bond donors (Lipinski definition) is 6. The summed E-state index contributed by atoms with van der Waals surface area (Å²) < 4.78 is 0. The lowest BCUT2D eigenvalue weighted by molar-refractivity contribution is -0.138. The second-order valence-electron chi connectivity index (χ2n) is 6.92. The number of nitrogens with one attached hydrogen (secondary N) is 4. The molecule has 0 aliphatic carbocycles. The molecule has 0 aromatic carbocycles. The number of amides is 3. The molecule has 1 aromatic rings. The van der Waals surface area contributed by atoms with E-state index in [1.807, 2.05) is 13.8 Å². The van der Waals surface area contributed by atoms with E-state index < -0.39 is 48.4 Å². The summed E-state index contributed by atoms with van der Waals surface area (Å²) in [6, 6.07) is -2.71. The number of carbonyl (C=O) groups is 4. The van der Waals surface area contributed by atoms with Gasteiger partial charge in [-0.2, -0.15) is 0 Å². The van der Waals surface area contributed by atoms with Gasteiger partial charge in [-0.05, 0) is 19.3 Å². The maximum atomic E-state index is 12.4. The summed E-state index contributed by atoms with van der Waals surface area (Å²) in [5.41, 5.74) is 6.52. The van der Waals surface area contributed by atoms with Crippen molar-refractivity contribution in [1.29, 1.82) is 0 Å². The molecular formula is C17H28N6O5. The first-order valence-corrected chi connectivity index (χ1v) is 8.93. The zero-order valence-electron chi connectivity index (χ0n) is 16.2. The van der Waals surface area contributed by atoms with Crippen molar-refractivity contribution >= 4 is 23.7 Å². The second kappa shape index (κ2) is 11.0. The van der Waals surface area contributed by atoms with Crippen LogP contribution in [-0.4, -0.2) is 63.4 Å². The Bertz CT molecular complexity index is 676. The Morgan fingerprint density at radius 3 is 2.36 bits per heavy atom. The van der Waals surface area contributed by atoms with Crippen molar-refractivity contribution in [2.45, 2.75) is 51.7 Å². The van der Waals surface area contributed by atoms with Gasteiger partial charge in [-0.3, -0.25) is 19.2 Å². The van der Waals surface area contributed by atoms with Gasteiger partial charge in [0.2, 0.25) is 17.7 Å². The molecule has 28 heavy (non-hydrogen) atoms. The van der Waals surface area contributed by atoms with Crippen LogP contribution in [0.4, 0.5) is 0 Å². The summed E-state index contributed by atoms with van der Waals surface area (Å²) in [7, 11) is 0. The molecule has 3 unspecified atom stereocenters. The van der Waals surface area contributed by atoms with Crippen LogP contribution in [0.25, 0.3) is 0 Å². The minimum absolute atomic E-state index is 0.0774. The SMILES string of the molecule is CC(C)CC(NC(=O)C(C)NC(=O)C(N)Cc1cnc[nH]1)C(=O)NCC(=O)O. The van der Waals surface area contributed by atoms with Crippen molar-refractivity contribution < 1.29 is 24.3 Å². The standard InChI is InChI=1S/C17H28N6O5/c1-9(2)4-13(17(28)20-7-14(24)25)23-15(26)10(3)22-16(27)12(18)5-11-6-19-8-21-11/h6,8-10,12-13H,4-5,7,18H2,1-3H3,(H,19,21)(H,20,28)(H,22,27)(H,23,26)(H,24,25). The number of carboxylic acids is 1. The topological polar surface area (TPSA) is 179 Å². The number of aromatic nitrogens is 2. The lowest BCUT2D eigenvalue weighted by atomic mass is 10.0. The molecule has 7 N–H and O–H groups in total. The molecule has 11 nitrogen and oxygen atoms in total. The average molecular weight is 396 g/mol. The Morgan fingerprint density at radius 1 is 1.14 bits per heavy atom. The molecule has 0 bridgehead atoms. The maximum Gasteiger partial charge on any atom is 0.322 e. The molecule has 3 atom stereocenters. The third-order valence-electron chi connectivity index (χ3n) is 3.84. The fourth-order valence-electron chi connectivity index (χ4n) is 2.40. The van der Waals surface area contributed by atoms with Gasteiger partial charge in [0.25, 0.3) is 0 Å². The Morgan fingerprint density at radius 2 is 1.82 bits per heavy atom. The van der Waals surface area contributed by atoms with E-state index in [9.17, 15) is 19.2 Å². The monoisotopic (exact) mass is 396 g/mol. The molecule has 0 aliphatic heterocycles. The van der Waals surface area contributed by atoms with Crippen molar-refractivity contribution in [3.05, 3.63) is 18.2 Å². The number of aromatic amines is 1. The summed E-state index contributed by atoms with van der Waals surface area (Å²) in [5, 5.41) is 16.0. The quantitative estimate of drug-likeness (QED) is 0.264. The number of hydrogen-bond acceptors (Lipinski definition) is 6. The molecule has 3 amide bonds. The highest BCUT2D eigenvalue weighted by atomic mass is 16.4. The van der Waals surface area contributed by atoms with E-state index in [1.54, 1.807) is 6.20 Å². The Hall–Kier alpha value is -2.95. The summed E-state index contributed by atoms with van der Waals surface area (Å²) >= 11 is 0. The third-order valence-corrected chi connectivity index (χ3v) is 3.84. The molecule has 0 fully saturated rings. The molecule has 1 heterocycles. The van der Waals surface area contributed by atoms with E-state index in [1.165, 1.54) is 13.3 Å². The van der Waals surface area contributed by atoms with Crippen LogP contribution in [0.5, 0.6) is 0 Å². The van der Waals surface area contributed by atoms with E-state index in [0.29, 0.717) is 12.1 Å². The molecular weight excluding hydrogens is 368 g/mol. The number of nitrogens with two attached hydrogens (primary N) is 1. The first-order chi connectivity index (χ1) is 13.1. The summed E-state index contributed by atoms with van der Waals surface area (Å²) in [5.74, 6) is -2.80. The summed E-state index contributed by atoms with van der Waals surface area (Å²) in [6.07, 6.45) is 3.57. The normalized spacial score (nSPS) is 14.0. The van der Waals surface area contributed by atoms with E-state index in [2.05, 4.69) is 25.9 Å². The second-order valence-corrected chi connectivity index (χ2v) is 6.92. The van der Waals surface area contributed by atoms with Crippen LogP contribution in [0.2, 0.25) is 0 Å². The van der Waals surface area contributed by atoms with Crippen molar-refractivity contribution in [1.82, 2.24) is 25.9 Å². The molecule has 0 aliphatic rings. The highest BCUT2D eigenvalue weighted by molar-refractivity contribution is 5.93. The van der Waals surface area contributed by atoms with Gasteiger partial charge in [0, 0.05) is 18.3 Å². The highest BCUT2D eigenvalue weighted by Gasteiger charge is 2.26. The molecule has 1 rings (SSSR count). The van der Waals surface area contributed by atoms with Gasteiger partial charge >= 0.3 is 5.97 Å². The number of carboxylic acid groups (broad SMARTS) is 1. The number of carbonyl (C=O) groups excluding carboxylic acids is 3. The van der Waals surface area contributed by atoms with Gasteiger partial charge in [0.05, 0.1) is 12.4 Å². The lowest BCUT2D eigenvalue weighted by Gasteiger charge is -2.23. The number of nitrogens with zero attached hydrogens (tertiary/aromatic N) is 1. The number of aliphatic carboxylic acids is 1. The van der Waals surface area contributed by atoms with Crippen molar-refractivity contribution in [2.24, 2.45) is 11.7 Å². The molecule has 1 aromatic heterocycles. The first-order valence-electron chi connectivity index (χ1n) is 8.93. The van der Waals surface area contributed by atoms with Crippen LogP contribution < -0.4 is 21.7 Å². The van der Waals surface area contributed by atoms with Crippen molar-refractivity contribution in [2.75, 3.05) is 6.54 Å². The van der Waals surface area contributed by atoms with Crippen LogP contribution in [0.3, 0.4) is 0 Å².